The van der Waals surface area contributed by atoms with Gasteiger partial charge in [0.25, 0.3) is 0 Å². The third-order valence-corrected chi connectivity index (χ3v) is 4.21. The van der Waals surface area contributed by atoms with Crippen LogP contribution in [0.5, 0.6) is 0 Å². The van der Waals surface area contributed by atoms with Crippen LogP contribution < -0.4 is 11.1 Å². The molecule has 0 heterocycles. The summed E-state index contributed by atoms with van der Waals surface area (Å²) < 4.78 is 0. The normalized spacial score (nSPS) is 31.4. The summed E-state index contributed by atoms with van der Waals surface area (Å²) in [6.45, 7) is 4.59. The Balaban J connectivity index is 2.64. The predicted molar refractivity (Wildman–Crippen MR) is 67.0 cm³/mol. The molecule has 1 aliphatic carbocycles. The molecule has 3 nitrogen and oxygen atoms in total. The van der Waals surface area contributed by atoms with Crippen LogP contribution in [-0.4, -0.2) is 18.5 Å². The summed E-state index contributed by atoms with van der Waals surface area (Å²) in [6.07, 6.45) is 6.35. The maximum Gasteiger partial charge on any atom is 0.219 e. The first-order valence-electron chi connectivity index (χ1n) is 6.46. The van der Waals surface area contributed by atoms with Crippen LogP contribution >= 0.6 is 0 Å². The van der Waals surface area contributed by atoms with E-state index in [1.807, 2.05) is 7.05 Å². The molecular formula is C13H26N2O. The number of carbonyl (C=O) groups excluding carboxylic acids is 1. The third-order valence-electron chi connectivity index (χ3n) is 4.21. The van der Waals surface area contributed by atoms with E-state index in [-0.39, 0.29) is 11.4 Å². The Morgan fingerprint density at radius 2 is 2.12 bits per heavy atom. The number of rotatable bonds is 4. The molecule has 1 amide bonds. The molecule has 1 aliphatic rings. The standard InChI is InChI=1S/C13H26N2O/c1-10(2)11-5-4-7-13(15-3,8-6-11)9-12(14)16/h10-11,15H,4-9H2,1-3H3,(H2,14,16). The molecule has 2 atom stereocenters. The average molecular weight is 226 g/mol. The van der Waals surface area contributed by atoms with Crippen LogP contribution in [0.3, 0.4) is 0 Å². The fraction of sp³-hybridized carbons (Fsp3) is 0.923. The predicted octanol–water partition coefficient (Wildman–Crippen LogP) is 2.06. The molecule has 0 aromatic heterocycles. The molecule has 1 saturated carbocycles. The summed E-state index contributed by atoms with van der Waals surface area (Å²) in [5, 5.41) is 3.35. The van der Waals surface area contributed by atoms with Crippen molar-refractivity contribution in [2.45, 2.75) is 57.9 Å². The van der Waals surface area contributed by atoms with Gasteiger partial charge >= 0.3 is 0 Å². The van der Waals surface area contributed by atoms with Gasteiger partial charge in [0.15, 0.2) is 0 Å². The second-order valence-corrected chi connectivity index (χ2v) is 5.61. The van der Waals surface area contributed by atoms with Crippen molar-refractivity contribution in [3.05, 3.63) is 0 Å². The number of hydrogen-bond acceptors (Lipinski definition) is 2. The molecule has 0 saturated heterocycles. The Labute approximate surface area is 99.2 Å². The highest BCUT2D eigenvalue weighted by molar-refractivity contribution is 5.75. The molecule has 0 aromatic carbocycles. The van der Waals surface area contributed by atoms with Gasteiger partial charge in [0.1, 0.15) is 0 Å². The van der Waals surface area contributed by atoms with E-state index in [0.29, 0.717) is 6.42 Å². The minimum Gasteiger partial charge on any atom is -0.370 e. The van der Waals surface area contributed by atoms with Crippen molar-refractivity contribution in [3.63, 3.8) is 0 Å². The van der Waals surface area contributed by atoms with Gasteiger partial charge in [0.2, 0.25) is 5.91 Å². The van der Waals surface area contributed by atoms with Crippen LogP contribution in [0.1, 0.15) is 52.4 Å². The number of nitrogens with two attached hydrogens (primary N) is 1. The second kappa shape index (κ2) is 5.67. The van der Waals surface area contributed by atoms with Crippen molar-refractivity contribution >= 4 is 5.91 Å². The highest BCUT2D eigenvalue weighted by Crippen LogP contribution is 2.35. The van der Waals surface area contributed by atoms with Gasteiger partial charge in [-0.15, -0.1) is 0 Å². The summed E-state index contributed by atoms with van der Waals surface area (Å²) in [5.74, 6) is 1.38. The summed E-state index contributed by atoms with van der Waals surface area (Å²) in [5.41, 5.74) is 5.32. The maximum absolute atomic E-state index is 11.1. The zero-order valence-electron chi connectivity index (χ0n) is 10.9. The zero-order valence-corrected chi connectivity index (χ0v) is 10.9. The van der Waals surface area contributed by atoms with Gasteiger partial charge in [0, 0.05) is 12.0 Å². The molecule has 1 rings (SSSR count). The van der Waals surface area contributed by atoms with Crippen molar-refractivity contribution in [1.29, 1.82) is 0 Å². The van der Waals surface area contributed by atoms with Crippen molar-refractivity contribution < 1.29 is 4.79 Å². The van der Waals surface area contributed by atoms with Crippen molar-refractivity contribution in [3.8, 4) is 0 Å². The molecule has 94 valence electrons. The monoisotopic (exact) mass is 226 g/mol. The Morgan fingerprint density at radius 1 is 1.44 bits per heavy atom. The highest BCUT2D eigenvalue weighted by Gasteiger charge is 2.33. The van der Waals surface area contributed by atoms with Gasteiger partial charge in [-0.3, -0.25) is 4.79 Å². The van der Waals surface area contributed by atoms with Crippen molar-refractivity contribution in [2.75, 3.05) is 7.05 Å². The largest absolute Gasteiger partial charge is 0.370 e. The Morgan fingerprint density at radius 3 is 2.62 bits per heavy atom. The Hall–Kier alpha value is -0.570. The number of primary amides is 1. The smallest absolute Gasteiger partial charge is 0.219 e. The molecule has 16 heavy (non-hydrogen) atoms. The fourth-order valence-electron chi connectivity index (χ4n) is 2.95. The average Bonchev–Trinajstić information content (AvgIpc) is 2.40. The molecule has 0 aliphatic heterocycles. The lowest BCUT2D eigenvalue weighted by Crippen LogP contribution is -2.45. The molecule has 0 bridgehead atoms. The first kappa shape index (κ1) is 13.5. The van der Waals surface area contributed by atoms with Gasteiger partial charge in [0.05, 0.1) is 0 Å². The minimum atomic E-state index is -0.183. The molecule has 2 unspecified atom stereocenters. The van der Waals surface area contributed by atoms with Crippen LogP contribution in [0.4, 0.5) is 0 Å². The van der Waals surface area contributed by atoms with E-state index < -0.39 is 0 Å². The SMILES string of the molecule is CNC1(CC(N)=O)CCCC(C(C)C)CC1. The number of amides is 1. The molecule has 0 radical (unpaired) electrons. The maximum atomic E-state index is 11.1. The summed E-state index contributed by atoms with van der Waals surface area (Å²) in [7, 11) is 1.96. The first-order valence-corrected chi connectivity index (χ1v) is 6.46. The lowest BCUT2D eigenvalue weighted by molar-refractivity contribution is -0.119. The van der Waals surface area contributed by atoms with Crippen LogP contribution in [0, 0.1) is 11.8 Å². The summed E-state index contributed by atoms with van der Waals surface area (Å²) in [6, 6.07) is 0. The lowest BCUT2D eigenvalue weighted by Gasteiger charge is -2.31. The van der Waals surface area contributed by atoms with Crippen LogP contribution in [0.25, 0.3) is 0 Å². The molecule has 0 aromatic rings. The molecule has 3 heteroatoms. The molecule has 3 N–H and O–H groups in total. The van der Waals surface area contributed by atoms with E-state index in [9.17, 15) is 4.79 Å². The van der Waals surface area contributed by atoms with Gasteiger partial charge in [-0.25, -0.2) is 0 Å². The second-order valence-electron chi connectivity index (χ2n) is 5.61. The van der Waals surface area contributed by atoms with E-state index in [2.05, 4.69) is 19.2 Å². The lowest BCUT2D eigenvalue weighted by atomic mass is 9.84. The molecule has 1 fully saturated rings. The quantitative estimate of drug-likeness (QED) is 0.721. The van der Waals surface area contributed by atoms with E-state index in [1.165, 1.54) is 19.3 Å². The van der Waals surface area contributed by atoms with Gasteiger partial charge < -0.3 is 11.1 Å². The van der Waals surface area contributed by atoms with Gasteiger partial charge in [-0.2, -0.15) is 0 Å². The molecule has 0 spiro atoms. The fourth-order valence-corrected chi connectivity index (χ4v) is 2.95. The van der Waals surface area contributed by atoms with Gasteiger partial charge in [-0.1, -0.05) is 26.7 Å². The summed E-state index contributed by atoms with van der Waals surface area (Å²) in [4.78, 5) is 11.1. The Kier molecular flexibility index (Phi) is 4.78. The topological polar surface area (TPSA) is 55.1 Å². The van der Waals surface area contributed by atoms with Gasteiger partial charge in [-0.05, 0) is 38.1 Å². The van der Waals surface area contributed by atoms with Crippen molar-refractivity contribution in [2.24, 2.45) is 17.6 Å². The highest BCUT2D eigenvalue weighted by atomic mass is 16.1. The van der Waals surface area contributed by atoms with E-state index in [4.69, 9.17) is 5.73 Å². The van der Waals surface area contributed by atoms with E-state index in [0.717, 1.165) is 24.7 Å². The minimum absolute atomic E-state index is 0.0323. The number of carbonyl (C=O) groups is 1. The summed E-state index contributed by atoms with van der Waals surface area (Å²) >= 11 is 0. The van der Waals surface area contributed by atoms with Crippen LogP contribution in [0.15, 0.2) is 0 Å². The first-order chi connectivity index (χ1) is 7.49. The van der Waals surface area contributed by atoms with E-state index >= 15 is 0 Å². The van der Waals surface area contributed by atoms with Crippen LogP contribution in [0.2, 0.25) is 0 Å². The van der Waals surface area contributed by atoms with E-state index in [1.54, 1.807) is 0 Å². The number of nitrogens with one attached hydrogen (secondary N) is 1. The third kappa shape index (κ3) is 3.48. The zero-order chi connectivity index (χ0) is 12.2. The van der Waals surface area contributed by atoms with Crippen molar-refractivity contribution in [1.82, 2.24) is 5.32 Å². The van der Waals surface area contributed by atoms with Crippen LogP contribution in [-0.2, 0) is 4.79 Å². The molecular weight excluding hydrogens is 200 g/mol. The number of hydrogen-bond donors (Lipinski definition) is 2. The Bertz CT molecular complexity index is 240.